The maximum atomic E-state index is 6.06. The highest BCUT2D eigenvalue weighted by Crippen LogP contribution is 2.23. The fourth-order valence-electron chi connectivity index (χ4n) is 1.08. The van der Waals surface area contributed by atoms with Crippen molar-refractivity contribution < 1.29 is 0 Å². The third-order valence-corrected chi connectivity index (χ3v) is 3.51. The molecule has 0 bridgehead atoms. The normalized spacial score (nSPS) is 11.7. The van der Waals surface area contributed by atoms with E-state index in [1.165, 1.54) is 4.90 Å². The van der Waals surface area contributed by atoms with E-state index in [4.69, 9.17) is 23.2 Å². The lowest BCUT2D eigenvalue weighted by atomic mass is 10.2. The van der Waals surface area contributed by atoms with Crippen molar-refractivity contribution in [1.82, 2.24) is 0 Å². The maximum absolute atomic E-state index is 6.06. The number of alkyl halides is 1. The van der Waals surface area contributed by atoms with Gasteiger partial charge in [0.1, 0.15) is 0 Å². The molecule has 1 rings (SSSR count). The zero-order valence-electron chi connectivity index (χ0n) is 8.46. The quantitative estimate of drug-likeness (QED) is 0.382. The van der Waals surface area contributed by atoms with Crippen molar-refractivity contribution in [2.75, 3.05) is 5.88 Å². The van der Waals surface area contributed by atoms with Gasteiger partial charge in [-0.2, -0.15) is 0 Å². The van der Waals surface area contributed by atoms with Gasteiger partial charge >= 0.3 is 0 Å². The number of hydrogen-bond donors (Lipinski definition) is 0. The first-order valence-corrected chi connectivity index (χ1v) is 6.74. The minimum absolute atomic E-state index is 0.718. The average Bonchev–Trinajstić information content (AvgIpc) is 2.28. The minimum atomic E-state index is 0.718. The number of unbranched alkanes of at least 4 members (excludes halogenated alkanes) is 1. The van der Waals surface area contributed by atoms with E-state index in [2.05, 4.69) is 12.1 Å². The highest BCUT2D eigenvalue weighted by atomic mass is 35.5. The van der Waals surface area contributed by atoms with Crippen LogP contribution >= 0.6 is 35.0 Å². The fraction of sp³-hybridized carbons (Fsp3) is 0.333. The van der Waals surface area contributed by atoms with Crippen LogP contribution in [0.1, 0.15) is 19.3 Å². The Balaban J connectivity index is 2.31. The Bertz CT molecular complexity index is 296. The molecule has 0 aliphatic carbocycles. The lowest BCUT2D eigenvalue weighted by molar-refractivity contribution is 0.813. The molecule has 0 heterocycles. The Morgan fingerprint density at radius 1 is 1.20 bits per heavy atom. The van der Waals surface area contributed by atoms with Gasteiger partial charge in [-0.1, -0.05) is 41.6 Å². The predicted octanol–water partition coefficient (Wildman–Crippen LogP) is 5.27. The van der Waals surface area contributed by atoms with Crippen LogP contribution in [-0.4, -0.2) is 5.88 Å². The van der Waals surface area contributed by atoms with E-state index in [0.29, 0.717) is 0 Å². The summed E-state index contributed by atoms with van der Waals surface area (Å²) in [5.41, 5.74) is 0. The second-order valence-corrected chi connectivity index (χ2v) is 4.95. The first-order chi connectivity index (χ1) is 7.33. The summed E-state index contributed by atoms with van der Waals surface area (Å²) < 4.78 is 0. The summed E-state index contributed by atoms with van der Waals surface area (Å²) in [7, 11) is 0. The fourth-order valence-corrected chi connectivity index (χ4v) is 2.23. The van der Waals surface area contributed by atoms with Gasteiger partial charge in [-0.3, -0.25) is 0 Å². The topological polar surface area (TPSA) is 0 Å². The van der Waals surface area contributed by atoms with E-state index in [1.807, 2.05) is 23.6 Å². The Hall–Kier alpha value is -0.110. The van der Waals surface area contributed by atoms with Gasteiger partial charge in [0, 0.05) is 15.8 Å². The molecule has 0 spiro atoms. The summed E-state index contributed by atoms with van der Waals surface area (Å²) in [6.45, 7) is 0. The van der Waals surface area contributed by atoms with Gasteiger partial charge in [0.15, 0.2) is 0 Å². The molecule has 0 N–H and O–H groups in total. The second-order valence-electron chi connectivity index (χ2n) is 3.14. The van der Waals surface area contributed by atoms with Crippen LogP contribution in [0.2, 0.25) is 0 Å². The number of allylic oxidation sites excluding steroid dienone is 1. The van der Waals surface area contributed by atoms with Gasteiger partial charge in [0.05, 0.1) is 0 Å². The van der Waals surface area contributed by atoms with Crippen LogP contribution in [0.15, 0.2) is 45.7 Å². The molecule has 0 saturated carbocycles. The summed E-state index contributed by atoms with van der Waals surface area (Å²) in [4.78, 5) is 1.22. The van der Waals surface area contributed by atoms with E-state index in [1.54, 1.807) is 11.8 Å². The Morgan fingerprint density at radius 3 is 2.60 bits per heavy atom. The molecule has 0 amide bonds. The van der Waals surface area contributed by atoms with Crippen molar-refractivity contribution in [2.24, 2.45) is 0 Å². The summed E-state index contributed by atoms with van der Waals surface area (Å²) in [6.07, 6.45) is 3.02. The molecule has 0 nitrogen and oxygen atoms in total. The van der Waals surface area contributed by atoms with Gasteiger partial charge in [-0.05, 0) is 36.8 Å². The monoisotopic (exact) mass is 260 g/mol. The number of hydrogen-bond acceptors (Lipinski definition) is 1. The first kappa shape index (κ1) is 13.0. The van der Waals surface area contributed by atoms with E-state index >= 15 is 0 Å². The van der Waals surface area contributed by atoms with E-state index in [0.717, 1.165) is 30.2 Å². The van der Waals surface area contributed by atoms with Gasteiger partial charge in [-0.15, -0.1) is 11.6 Å². The van der Waals surface area contributed by atoms with Gasteiger partial charge in [0.2, 0.25) is 0 Å². The Kier molecular flexibility index (Phi) is 6.99. The van der Waals surface area contributed by atoms with E-state index in [9.17, 15) is 0 Å². The van der Waals surface area contributed by atoms with Crippen molar-refractivity contribution >= 4 is 35.0 Å². The molecule has 3 heteroatoms. The molecule has 0 fully saturated rings. The molecule has 0 atom stereocenters. The largest absolute Gasteiger partial charge is 0.127 e. The molecular formula is C12H14Cl2S. The third-order valence-electron chi connectivity index (χ3n) is 1.87. The number of thioether (sulfide) groups is 1. The molecule has 0 saturated heterocycles. The van der Waals surface area contributed by atoms with Crippen molar-refractivity contribution in [2.45, 2.75) is 24.2 Å². The maximum Gasteiger partial charge on any atom is 0.0247 e. The van der Waals surface area contributed by atoms with Crippen molar-refractivity contribution in [1.29, 1.82) is 0 Å². The van der Waals surface area contributed by atoms with Crippen LogP contribution in [-0.2, 0) is 0 Å². The van der Waals surface area contributed by atoms with Crippen molar-refractivity contribution in [3.05, 3.63) is 40.8 Å². The molecule has 1 aromatic rings. The molecule has 0 unspecified atom stereocenters. The van der Waals surface area contributed by atoms with Gasteiger partial charge in [0.25, 0.3) is 0 Å². The van der Waals surface area contributed by atoms with Crippen LogP contribution < -0.4 is 0 Å². The standard InChI is InChI=1S/C12H14Cl2S/c13-9-5-4-6-11(14)10-15-12-7-2-1-3-8-12/h1-3,7-8,10H,4-6,9H2/b11-10+. The number of halogens is 2. The SMILES string of the molecule is ClCCCC/C(Cl)=C\Sc1ccccc1. The van der Waals surface area contributed by atoms with E-state index in [-0.39, 0.29) is 0 Å². The smallest absolute Gasteiger partial charge is 0.0247 e. The molecule has 0 aromatic heterocycles. The number of rotatable bonds is 6. The van der Waals surface area contributed by atoms with Crippen LogP contribution in [0.4, 0.5) is 0 Å². The minimum Gasteiger partial charge on any atom is -0.127 e. The molecular weight excluding hydrogens is 247 g/mol. The van der Waals surface area contributed by atoms with Crippen LogP contribution in [0.25, 0.3) is 0 Å². The lowest BCUT2D eigenvalue weighted by Crippen LogP contribution is -1.77. The third kappa shape index (κ3) is 6.14. The average molecular weight is 261 g/mol. The summed E-state index contributed by atoms with van der Waals surface area (Å²) in [5, 5.41) is 2.92. The molecule has 1 aromatic carbocycles. The van der Waals surface area contributed by atoms with Crippen LogP contribution in [0.5, 0.6) is 0 Å². The summed E-state index contributed by atoms with van der Waals surface area (Å²) in [6, 6.07) is 10.2. The zero-order chi connectivity index (χ0) is 10.9. The van der Waals surface area contributed by atoms with Crippen LogP contribution in [0, 0.1) is 0 Å². The van der Waals surface area contributed by atoms with Gasteiger partial charge in [-0.25, -0.2) is 0 Å². The van der Waals surface area contributed by atoms with Crippen molar-refractivity contribution in [3.63, 3.8) is 0 Å². The lowest BCUT2D eigenvalue weighted by Gasteiger charge is -1.98. The predicted molar refractivity (Wildman–Crippen MR) is 70.8 cm³/mol. The molecule has 0 aliphatic heterocycles. The van der Waals surface area contributed by atoms with Gasteiger partial charge < -0.3 is 0 Å². The highest BCUT2D eigenvalue weighted by Gasteiger charge is 1.94. The van der Waals surface area contributed by atoms with Crippen LogP contribution in [0.3, 0.4) is 0 Å². The molecule has 15 heavy (non-hydrogen) atoms. The zero-order valence-corrected chi connectivity index (χ0v) is 10.8. The van der Waals surface area contributed by atoms with Crippen molar-refractivity contribution in [3.8, 4) is 0 Å². The Morgan fingerprint density at radius 2 is 1.93 bits per heavy atom. The Labute approximate surface area is 106 Å². The molecule has 0 radical (unpaired) electrons. The summed E-state index contributed by atoms with van der Waals surface area (Å²) in [5.74, 6) is 0.718. The highest BCUT2D eigenvalue weighted by molar-refractivity contribution is 8.02. The first-order valence-electron chi connectivity index (χ1n) is 4.95. The number of benzene rings is 1. The molecule has 0 aliphatic rings. The second kappa shape index (κ2) is 8.09. The molecule has 82 valence electrons. The summed E-state index contributed by atoms with van der Waals surface area (Å²) >= 11 is 13.3. The van der Waals surface area contributed by atoms with E-state index < -0.39 is 0 Å².